The van der Waals surface area contributed by atoms with Crippen molar-refractivity contribution in [2.45, 2.75) is 7.35 Å². The summed E-state index contributed by atoms with van der Waals surface area (Å²) in [7, 11) is 0. The van der Waals surface area contributed by atoms with Gasteiger partial charge in [0.25, 0.3) is 0 Å². The van der Waals surface area contributed by atoms with E-state index in [4.69, 9.17) is 0 Å². The van der Waals surface area contributed by atoms with Gasteiger partial charge in [-0.2, -0.15) is 0 Å². The summed E-state index contributed by atoms with van der Waals surface area (Å²) in [6.45, 7) is 0. The van der Waals surface area contributed by atoms with Gasteiger partial charge in [-0.15, -0.1) is 0 Å². The fourth-order valence-corrected chi connectivity index (χ4v) is 41.7. The molecule has 167 valence electrons. The van der Waals surface area contributed by atoms with Crippen molar-refractivity contribution in [1.82, 2.24) is 0 Å². The van der Waals surface area contributed by atoms with E-state index >= 15 is 0 Å². The van der Waals surface area contributed by atoms with E-state index in [9.17, 15) is 0 Å². The molecule has 0 fully saturated rings. The average molecular weight is 630 g/mol. The zero-order valence-electron chi connectivity index (χ0n) is 18.7. The van der Waals surface area contributed by atoms with Crippen LogP contribution in [0.4, 0.5) is 0 Å². The Morgan fingerprint density at radius 2 is 0.853 bits per heavy atom. The molecule has 0 saturated carbocycles. The molecule has 2 aliphatic rings. The number of fused-ring (bicyclic) bond motifs is 2. The fourth-order valence-electron chi connectivity index (χ4n) is 5.50. The molecule has 0 spiro atoms. The minimum absolute atomic E-state index is 0. The van der Waals surface area contributed by atoms with Gasteiger partial charge in [0.15, 0.2) is 0 Å². The number of rotatable bonds is 5. The Balaban J connectivity index is 0.00000137. The van der Waals surface area contributed by atoms with Crippen LogP contribution in [-0.4, -0.2) is 5.98 Å². The third-order valence-corrected chi connectivity index (χ3v) is 38.7. The molecule has 4 aromatic rings. The average Bonchev–Trinajstić information content (AvgIpc) is 3.48. The van der Waals surface area contributed by atoms with E-state index in [2.05, 4.69) is 133 Å². The van der Waals surface area contributed by atoms with Crippen molar-refractivity contribution < 1.29 is 30.0 Å². The normalized spacial score (nSPS) is 17.0. The van der Waals surface area contributed by atoms with Gasteiger partial charge in [0.2, 0.25) is 0 Å². The molecule has 0 aliphatic heterocycles. The van der Waals surface area contributed by atoms with E-state index in [1.165, 1.54) is 11.1 Å². The third kappa shape index (κ3) is 4.37. The molecular weight excluding hydrogens is 605 g/mol. The molecule has 2 unspecified atom stereocenters. The first-order valence-electron chi connectivity index (χ1n) is 11.4. The first-order valence-corrected chi connectivity index (χ1v) is 23.5. The summed E-state index contributed by atoms with van der Waals surface area (Å²) in [6.07, 6.45) is 9.95. The fraction of sp³-hybridized carbons (Fsp3) is 0.0667. The summed E-state index contributed by atoms with van der Waals surface area (Å²) in [4.78, 5) is 0. The molecule has 4 heteroatoms. The molecule has 0 amide bonds. The van der Waals surface area contributed by atoms with Crippen LogP contribution in [0.5, 0.6) is 0 Å². The Morgan fingerprint density at radius 1 is 0.471 bits per heavy atom. The van der Waals surface area contributed by atoms with Crippen LogP contribution in [0, 0.1) is 0 Å². The molecule has 0 nitrogen and oxygen atoms in total. The number of benzene rings is 4. The number of hydrogen-bond donors (Lipinski definition) is 0. The van der Waals surface area contributed by atoms with Crippen LogP contribution in [0.25, 0.3) is 12.2 Å². The Labute approximate surface area is 208 Å². The predicted octanol–water partition coefficient (Wildman–Crippen LogP) is -0.313. The van der Waals surface area contributed by atoms with E-state index in [-0.39, 0.29) is 9.41 Å². The van der Waals surface area contributed by atoms with E-state index < -0.39 is 26.6 Å². The van der Waals surface area contributed by atoms with Crippen molar-refractivity contribution in [2.24, 2.45) is 0 Å². The van der Waals surface area contributed by atoms with Crippen LogP contribution in [0.15, 0.2) is 121 Å². The maximum Gasteiger partial charge on any atom is -1.00 e. The molecule has 2 atom stereocenters. The Bertz CT molecular complexity index is 1200. The van der Waals surface area contributed by atoms with Crippen LogP contribution in [0.3, 0.4) is 0 Å². The van der Waals surface area contributed by atoms with Gasteiger partial charge < -0.3 is 9.41 Å². The molecule has 34 heavy (non-hydrogen) atoms. The van der Waals surface area contributed by atoms with Gasteiger partial charge >= 0.3 is 200 Å². The topological polar surface area (TPSA) is 0 Å². The minimum atomic E-state index is -2.44. The zero-order valence-corrected chi connectivity index (χ0v) is 23.4. The van der Waals surface area contributed by atoms with Crippen molar-refractivity contribution in [2.75, 3.05) is 0 Å². The molecule has 0 saturated heterocycles. The molecule has 0 bridgehead atoms. The van der Waals surface area contributed by atoms with Gasteiger partial charge in [0, 0.05) is 0 Å². The Morgan fingerprint density at radius 3 is 1.29 bits per heavy atom. The number of allylic oxidation sites excluding steroid dienone is 2. The second-order valence-corrected chi connectivity index (χ2v) is 30.6. The molecule has 0 radical (unpaired) electrons. The van der Waals surface area contributed by atoms with Crippen LogP contribution in [-0.2, 0) is 20.6 Å². The predicted molar refractivity (Wildman–Crippen MR) is 136 cm³/mol. The van der Waals surface area contributed by atoms with E-state index in [0.29, 0.717) is 7.35 Å². The maximum atomic E-state index is 2.58. The Hall–Kier alpha value is -2.69. The van der Waals surface area contributed by atoms with Crippen LogP contribution in [0.2, 0.25) is 0 Å². The van der Waals surface area contributed by atoms with Crippen molar-refractivity contribution in [3.8, 4) is 0 Å². The number of hydrogen-bond acceptors (Lipinski definition) is 0. The van der Waals surface area contributed by atoms with Gasteiger partial charge in [-0.3, -0.25) is 0 Å². The van der Waals surface area contributed by atoms with E-state index in [1.807, 2.05) is 0 Å². The van der Waals surface area contributed by atoms with Crippen molar-refractivity contribution in [1.29, 1.82) is 0 Å². The molecule has 4 aromatic carbocycles. The van der Waals surface area contributed by atoms with Gasteiger partial charge in [-0.05, 0) is 0 Å². The van der Waals surface area contributed by atoms with Crippen molar-refractivity contribution in [3.05, 3.63) is 144 Å². The summed E-state index contributed by atoms with van der Waals surface area (Å²) in [5.74, 6) is -1.38. The van der Waals surface area contributed by atoms with Crippen LogP contribution >= 0.6 is 0 Å². The standard InChI is InChI=1S/C12H11Si.2C9H7.2FH.Hf/c1-3-7-11(8-4-1)13-12-9-5-2-6-10-12;2*1-2-5-9-7-3-6-8(9)4-1;;;/h1-10,13H;2*1-7H;2*1H;/q;;;;;+2/p-2. The molecule has 0 N–H and O–H groups in total. The second-order valence-electron chi connectivity index (χ2n) is 8.69. The van der Waals surface area contributed by atoms with Gasteiger partial charge in [0.05, 0.1) is 0 Å². The van der Waals surface area contributed by atoms with Crippen molar-refractivity contribution in [3.63, 3.8) is 0 Å². The zero-order chi connectivity index (χ0) is 21.3. The first kappa shape index (κ1) is 24.4. The quantitative estimate of drug-likeness (QED) is 0.266. The smallest absolute Gasteiger partial charge is 1.00 e. The molecule has 6 rings (SSSR count). The summed E-state index contributed by atoms with van der Waals surface area (Å²) < 4.78 is 1.27. The second kappa shape index (κ2) is 10.7. The summed E-state index contributed by atoms with van der Waals surface area (Å²) in [5.41, 5.74) is 6.03. The summed E-state index contributed by atoms with van der Waals surface area (Å²) in [6, 6.07) is 41.3. The molecule has 0 aromatic heterocycles. The molecule has 2 aliphatic carbocycles. The SMILES string of the molecule is C1=C[CH]([Hf+2]([CH]2C=Cc3ccccc32)[SiH](c2ccccc2)c2ccccc2)c2ccccc21.[F-].[F-]. The first-order chi connectivity index (χ1) is 15.9. The molecular formula is C30H25F2HfSi. The monoisotopic (exact) mass is 631 g/mol. The molecule has 0 heterocycles. The van der Waals surface area contributed by atoms with E-state index in [0.717, 1.165) is 0 Å². The minimum Gasteiger partial charge on any atom is -1.00 e. The van der Waals surface area contributed by atoms with Gasteiger partial charge in [-0.1, -0.05) is 0 Å². The number of halogens is 2. The van der Waals surface area contributed by atoms with Crippen LogP contribution < -0.4 is 19.8 Å². The Kier molecular flexibility index (Phi) is 7.69. The summed E-state index contributed by atoms with van der Waals surface area (Å²) in [5, 5.41) is 3.24. The van der Waals surface area contributed by atoms with Gasteiger partial charge in [0.1, 0.15) is 0 Å². The largest absolute Gasteiger partial charge is 1.00 e. The van der Waals surface area contributed by atoms with Crippen LogP contribution in [0.1, 0.15) is 29.6 Å². The van der Waals surface area contributed by atoms with Crippen molar-refractivity contribution >= 4 is 28.5 Å². The summed E-state index contributed by atoms with van der Waals surface area (Å²) >= 11 is -2.44. The third-order valence-electron chi connectivity index (χ3n) is 6.92. The van der Waals surface area contributed by atoms with E-state index in [1.54, 1.807) is 21.5 Å². The maximum absolute atomic E-state index is 2.58. The van der Waals surface area contributed by atoms with Gasteiger partial charge in [-0.25, -0.2) is 0 Å².